The van der Waals surface area contributed by atoms with Crippen molar-refractivity contribution in [3.05, 3.63) is 107 Å². The van der Waals surface area contributed by atoms with Crippen molar-refractivity contribution in [2.45, 2.75) is 48.5 Å². The molecule has 3 aromatic carbocycles. The van der Waals surface area contributed by atoms with Gasteiger partial charge in [-0.2, -0.15) is 13.0 Å². The highest BCUT2D eigenvalue weighted by Crippen LogP contribution is 2.29. The van der Waals surface area contributed by atoms with Crippen LogP contribution in [0, 0.1) is 0 Å². The highest BCUT2D eigenvalue weighted by atomic mass is 35.5. The number of aromatic nitrogens is 2. The minimum Gasteiger partial charge on any atom is -0.492 e. The molecule has 1 atom stereocenters. The first-order valence-corrected chi connectivity index (χ1v) is 18.5. The number of carbonyl (C=O) groups is 1. The van der Waals surface area contributed by atoms with Gasteiger partial charge in [-0.05, 0) is 36.1 Å². The van der Waals surface area contributed by atoms with E-state index in [0.717, 1.165) is 40.9 Å². The number of fused-ring (bicyclic) bond motifs is 1. The van der Waals surface area contributed by atoms with Crippen molar-refractivity contribution >= 4 is 66.9 Å². The first-order valence-electron chi connectivity index (χ1n) is 15.2. The van der Waals surface area contributed by atoms with E-state index in [0.29, 0.717) is 48.9 Å². The normalized spacial score (nSPS) is 14.6. The maximum absolute atomic E-state index is 13.7. The molecule has 1 aliphatic rings. The van der Waals surface area contributed by atoms with Crippen molar-refractivity contribution in [3.8, 4) is 17.0 Å². The Hall–Kier alpha value is -2.99. The minimum atomic E-state index is -3.70. The van der Waals surface area contributed by atoms with E-state index >= 15 is 0 Å². The number of hydrogen-bond acceptors (Lipinski definition) is 7. The molecule has 0 fully saturated rings. The Bertz CT molecular complexity index is 1790. The van der Waals surface area contributed by atoms with Crippen LogP contribution < -0.4 is 14.6 Å². The van der Waals surface area contributed by atoms with Crippen molar-refractivity contribution in [3.63, 3.8) is 0 Å². The van der Waals surface area contributed by atoms with Crippen molar-refractivity contribution in [2.75, 3.05) is 24.3 Å². The lowest BCUT2D eigenvalue weighted by Gasteiger charge is -2.13. The van der Waals surface area contributed by atoms with E-state index in [4.69, 9.17) is 48.7 Å². The molecular weight excluding hydrogens is 697 g/mol. The number of ether oxygens (including phenoxy) is 1. The quantitative estimate of drug-likeness (QED) is 0.0460. The monoisotopic (exact) mass is 729 g/mol. The molecule has 1 unspecified atom stereocenters. The fourth-order valence-electron chi connectivity index (χ4n) is 5.24. The third-order valence-electron chi connectivity index (χ3n) is 7.55. The van der Waals surface area contributed by atoms with Crippen LogP contribution in [0.2, 0.25) is 5.02 Å². The highest BCUT2D eigenvalue weighted by molar-refractivity contribution is 7.86. The van der Waals surface area contributed by atoms with E-state index in [1.54, 1.807) is 10.8 Å². The van der Waals surface area contributed by atoms with Gasteiger partial charge in [-0.15, -0.1) is 23.2 Å². The summed E-state index contributed by atoms with van der Waals surface area (Å²) >= 11 is 17.9. The molecule has 0 saturated carbocycles. The summed E-state index contributed by atoms with van der Waals surface area (Å²) < 4.78 is 34.8. The topological polar surface area (TPSA) is 98.5 Å². The van der Waals surface area contributed by atoms with Crippen molar-refractivity contribution in [1.29, 1.82) is 0 Å². The molecule has 2 heterocycles. The zero-order valence-corrected chi connectivity index (χ0v) is 29.6. The van der Waals surface area contributed by atoms with E-state index in [1.807, 2.05) is 66.7 Å². The minimum absolute atomic E-state index is 0.0565. The summed E-state index contributed by atoms with van der Waals surface area (Å²) in [5, 5.41) is 3.89. The number of rotatable bonds is 16. The summed E-state index contributed by atoms with van der Waals surface area (Å²) in [6.07, 6.45) is 5.47. The average Bonchev–Trinajstić information content (AvgIpc) is 3.36. The molecule has 245 valence electrons. The Balaban J connectivity index is 1.16. The van der Waals surface area contributed by atoms with Crippen LogP contribution in [-0.4, -0.2) is 58.5 Å². The van der Waals surface area contributed by atoms with Crippen molar-refractivity contribution < 1.29 is 26.7 Å². The highest BCUT2D eigenvalue weighted by Gasteiger charge is 2.41. The van der Waals surface area contributed by atoms with Gasteiger partial charge in [0.1, 0.15) is 27.3 Å². The van der Waals surface area contributed by atoms with Gasteiger partial charge in [-0.1, -0.05) is 91.2 Å². The van der Waals surface area contributed by atoms with Crippen LogP contribution in [0.25, 0.3) is 11.3 Å². The second-order valence-electron chi connectivity index (χ2n) is 11.3. The van der Waals surface area contributed by atoms with E-state index in [1.165, 1.54) is 0 Å². The molecule has 13 heteroatoms. The van der Waals surface area contributed by atoms with Crippen LogP contribution in [0.5, 0.6) is 5.75 Å². The Morgan fingerprint density at radius 1 is 0.936 bits per heavy atom. The zero-order valence-electron chi connectivity index (χ0n) is 25.5. The van der Waals surface area contributed by atoms with E-state index in [9.17, 15) is 13.2 Å². The molecule has 3 radical (unpaired) electrons. The van der Waals surface area contributed by atoms with Crippen LogP contribution in [0.15, 0.2) is 85.1 Å². The fraction of sp³-hybridized carbons (Fsp3) is 0.324. The van der Waals surface area contributed by atoms with Gasteiger partial charge in [0, 0.05) is 18.4 Å². The Morgan fingerprint density at radius 2 is 1.64 bits per heavy atom. The van der Waals surface area contributed by atoms with Gasteiger partial charge in [0.05, 0.1) is 34.2 Å². The Labute approximate surface area is 293 Å². The summed E-state index contributed by atoms with van der Waals surface area (Å²) in [6.45, 7) is 0.0633. The lowest BCUT2D eigenvalue weighted by Crippen LogP contribution is -2.44. The maximum Gasteiger partial charge on any atom is 0.359 e. The van der Waals surface area contributed by atoms with Crippen molar-refractivity contribution in [2.24, 2.45) is 0 Å². The van der Waals surface area contributed by atoms with E-state index in [2.05, 4.69) is 27.7 Å². The zero-order chi connectivity index (χ0) is 33.4. The third kappa shape index (κ3) is 10.2. The van der Waals surface area contributed by atoms with Gasteiger partial charge in [-0.25, -0.2) is 9.78 Å². The average molecular weight is 731 g/mol. The van der Waals surface area contributed by atoms with Crippen LogP contribution in [0.3, 0.4) is 0 Å². The van der Waals surface area contributed by atoms with Crippen LogP contribution >= 0.6 is 34.8 Å². The number of anilines is 1. The van der Waals surface area contributed by atoms with Gasteiger partial charge in [0.2, 0.25) is 0 Å². The first-order chi connectivity index (χ1) is 22.5. The van der Waals surface area contributed by atoms with Crippen molar-refractivity contribution in [1.82, 2.24) is 4.98 Å². The van der Waals surface area contributed by atoms with Gasteiger partial charge in [0.15, 0.2) is 6.04 Å². The summed E-state index contributed by atoms with van der Waals surface area (Å²) in [5.41, 5.74) is 4.47. The summed E-state index contributed by atoms with van der Waals surface area (Å²) in [5.74, 6) is 1.08. The van der Waals surface area contributed by atoms with Gasteiger partial charge in [0.25, 0.3) is 10.1 Å². The smallest absolute Gasteiger partial charge is 0.359 e. The summed E-state index contributed by atoms with van der Waals surface area (Å²) in [7, 11) is -0.726. The number of nitrogens with zero attached hydrogens (tertiary/aromatic N) is 2. The lowest BCUT2D eigenvalue weighted by molar-refractivity contribution is -0.552. The van der Waals surface area contributed by atoms with Crippen LogP contribution in [0.4, 0.5) is 5.82 Å². The van der Waals surface area contributed by atoms with E-state index in [-0.39, 0.29) is 18.3 Å². The maximum atomic E-state index is 13.7. The SMILES string of the molecule is O=C1C(Cc2ccc(OCCCCCCS(=O)(=O)OCC([Si])(Cl)Cl)c(Cl)c2)Nc2c(Cc3ccccc3)nc(-c3ccccc3)c[n+]21. The summed E-state index contributed by atoms with van der Waals surface area (Å²) in [6, 6.07) is 25.0. The number of hydrogen-bond donors (Lipinski definition) is 1. The Morgan fingerprint density at radius 3 is 2.34 bits per heavy atom. The molecule has 1 aromatic heterocycles. The van der Waals surface area contributed by atoms with Gasteiger partial charge >= 0.3 is 11.7 Å². The molecule has 4 aromatic rings. The van der Waals surface area contributed by atoms with Crippen LogP contribution in [0.1, 0.15) is 47.3 Å². The number of benzene rings is 3. The number of carbonyl (C=O) groups excluding carboxylic acids is 1. The number of nitrogens with one attached hydrogen (secondary N) is 1. The number of unbranched alkanes of at least 4 members (excludes halogenated alkanes) is 3. The first kappa shape index (κ1) is 35.3. The molecule has 8 nitrogen and oxygen atoms in total. The van der Waals surface area contributed by atoms with Gasteiger partial charge < -0.3 is 4.74 Å². The molecule has 1 aliphatic heterocycles. The molecule has 0 saturated heterocycles. The molecule has 0 bridgehead atoms. The third-order valence-corrected chi connectivity index (χ3v) is 9.48. The molecule has 1 N–H and O–H groups in total. The predicted octanol–water partition coefficient (Wildman–Crippen LogP) is 6.54. The largest absolute Gasteiger partial charge is 0.492 e. The fourth-order valence-corrected chi connectivity index (χ4v) is 6.94. The van der Waals surface area contributed by atoms with Gasteiger partial charge in [-0.3, -0.25) is 9.50 Å². The Kier molecular flexibility index (Phi) is 12.0. The molecule has 5 rings (SSSR count). The molecule has 0 spiro atoms. The standard InChI is InChI=1S/C34H33Cl3N3O5SSi/c35-27-19-25(15-16-31(27)44-17-9-1-2-10-18-46(42,43)45-23-34(36,37)47)21-29-33(41)40-22-30(26-13-7-4-8-14-26)38-28(32(40)39-29)20-24-11-5-3-6-12-24/h3-8,11-16,19,22,29H,1-2,9-10,17-18,20-21,23H2/p+1. The number of alkyl halides is 2. The predicted molar refractivity (Wildman–Crippen MR) is 186 cm³/mol. The summed E-state index contributed by atoms with van der Waals surface area (Å²) in [4.78, 5) is 18.7. The lowest BCUT2D eigenvalue weighted by atomic mass is 10.1. The molecular formula is C34H34Cl3N3O5SSi+. The molecule has 47 heavy (non-hydrogen) atoms. The van der Waals surface area contributed by atoms with Crippen LogP contribution in [-0.2, 0) is 27.1 Å². The second-order valence-corrected chi connectivity index (χ2v) is 16.5. The molecule has 0 amide bonds. The van der Waals surface area contributed by atoms with E-state index < -0.39 is 20.1 Å². The number of halogens is 3. The molecule has 0 aliphatic carbocycles. The second kappa shape index (κ2) is 15.9.